The van der Waals surface area contributed by atoms with Crippen LogP contribution in [0.3, 0.4) is 0 Å². The van der Waals surface area contributed by atoms with Crippen molar-refractivity contribution >= 4 is 76.2 Å². The van der Waals surface area contributed by atoms with Gasteiger partial charge in [-0.15, -0.1) is 22.7 Å². The van der Waals surface area contributed by atoms with E-state index in [4.69, 9.17) is 28.2 Å². The summed E-state index contributed by atoms with van der Waals surface area (Å²) < 4.78 is 108. The van der Waals surface area contributed by atoms with Gasteiger partial charge in [-0.05, 0) is 67.4 Å². The molecule has 4 heterocycles. The summed E-state index contributed by atoms with van der Waals surface area (Å²) in [5.74, 6) is -3.79. The van der Waals surface area contributed by atoms with E-state index in [1.165, 1.54) is 42.4 Å². The molecule has 0 atom stereocenters. The minimum atomic E-state index is -4.04. The van der Waals surface area contributed by atoms with E-state index in [1.807, 2.05) is 32.7 Å². The molecule has 0 saturated carbocycles. The highest BCUT2D eigenvalue weighted by Crippen LogP contribution is 2.33. The van der Waals surface area contributed by atoms with Gasteiger partial charge in [-0.1, -0.05) is 41.4 Å². The summed E-state index contributed by atoms with van der Waals surface area (Å²) in [5.41, 5.74) is 5.95. The maximum atomic E-state index is 14.0. The lowest BCUT2D eigenvalue weighted by atomic mass is 10.1. The molecule has 0 spiro atoms. The molecule has 2 fully saturated rings. The molecule has 20 heteroatoms. The summed E-state index contributed by atoms with van der Waals surface area (Å²) in [5, 5.41) is 6.37. The lowest BCUT2D eigenvalue weighted by molar-refractivity contribution is 0.381. The number of sulfonamides is 2. The van der Waals surface area contributed by atoms with Gasteiger partial charge in [-0.3, -0.25) is 0 Å². The molecule has 2 aliphatic rings. The second-order valence-electron chi connectivity index (χ2n) is 13.9. The Morgan fingerprint density at radius 1 is 0.533 bits per heavy atom. The number of thiazole rings is 2. The Kier molecular flexibility index (Phi) is 13.2. The van der Waals surface area contributed by atoms with Crippen LogP contribution < -0.4 is 9.80 Å². The normalized spacial score (nSPS) is 15.5. The second kappa shape index (κ2) is 18.1. The van der Waals surface area contributed by atoms with E-state index in [0.29, 0.717) is 48.4 Å². The van der Waals surface area contributed by atoms with Crippen LogP contribution in [0.15, 0.2) is 93.3 Å². The van der Waals surface area contributed by atoms with E-state index >= 15 is 0 Å². The minimum Gasteiger partial charge on any atom is -0.345 e. The first kappa shape index (κ1) is 43.9. The Hall–Kier alpha value is -4.14. The Balaban J connectivity index is 0.000000181. The van der Waals surface area contributed by atoms with Gasteiger partial charge in [0.05, 0.1) is 21.4 Å². The van der Waals surface area contributed by atoms with E-state index < -0.39 is 53.1 Å². The summed E-state index contributed by atoms with van der Waals surface area (Å²) in [7, 11) is -8.05. The smallest absolute Gasteiger partial charge is 0.246 e. The van der Waals surface area contributed by atoms with Crippen molar-refractivity contribution in [3.63, 3.8) is 0 Å². The summed E-state index contributed by atoms with van der Waals surface area (Å²) in [4.78, 5) is 12.3. The molecule has 2 saturated heterocycles. The van der Waals surface area contributed by atoms with Crippen LogP contribution in [-0.2, 0) is 20.0 Å². The molecule has 6 aromatic rings. The van der Waals surface area contributed by atoms with E-state index in [2.05, 4.69) is 31.0 Å². The zero-order valence-corrected chi connectivity index (χ0v) is 36.7. The van der Waals surface area contributed by atoms with Crippen LogP contribution in [0.25, 0.3) is 22.5 Å². The molecular formula is C40H36Cl2F4N6O4S4. The van der Waals surface area contributed by atoms with Crippen molar-refractivity contribution < 1.29 is 34.4 Å². The number of nitrogens with zero attached hydrogens (tertiary/aromatic N) is 6. The minimum absolute atomic E-state index is 0.167. The largest absolute Gasteiger partial charge is 0.345 e. The molecule has 2 aromatic heterocycles. The third-order valence-corrected chi connectivity index (χ3v) is 16.4. The molecule has 0 unspecified atom stereocenters. The molecule has 0 aliphatic carbocycles. The number of piperazine rings is 2. The summed E-state index contributed by atoms with van der Waals surface area (Å²) in [6.45, 7) is 6.57. The van der Waals surface area contributed by atoms with Gasteiger partial charge in [0.1, 0.15) is 33.1 Å². The molecule has 0 radical (unpaired) electrons. The predicted molar refractivity (Wildman–Crippen MR) is 229 cm³/mol. The maximum absolute atomic E-state index is 14.0. The van der Waals surface area contributed by atoms with Crippen LogP contribution in [0.2, 0.25) is 10.0 Å². The molecule has 0 N–H and O–H groups in total. The number of aromatic nitrogens is 2. The average molecular weight is 940 g/mol. The van der Waals surface area contributed by atoms with Gasteiger partial charge >= 0.3 is 0 Å². The summed E-state index contributed by atoms with van der Waals surface area (Å²) in [6.07, 6.45) is 0. The highest BCUT2D eigenvalue weighted by Gasteiger charge is 2.33. The topological polar surface area (TPSA) is 107 Å². The van der Waals surface area contributed by atoms with E-state index in [0.717, 1.165) is 57.0 Å². The van der Waals surface area contributed by atoms with Crippen molar-refractivity contribution in [3.8, 4) is 22.5 Å². The number of hydrogen-bond acceptors (Lipinski definition) is 10. The average Bonchev–Trinajstić information content (AvgIpc) is 3.92. The van der Waals surface area contributed by atoms with Crippen molar-refractivity contribution in [1.82, 2.24) is 18.6 Å². The predicted octanol–water partition coefficient (Wildman–Crippen LogP) is 9.12. The number of aryl methyl sites for hydroxylation is 2. The lowest BCUT2D eigenvalue weighted by Crippen LogP contribution is -2.48. The van der Waals surface area contributed by atoms with E-state index in [-0.39, 0.29) is 26.2 Å². The SMILES string of the molecule is Cc1ccc(-c2csc(N3CCN(S(=O)(=O)c4ccc(F)cc4F)CC3)n2)cc1C.O=S(=O)(c1ccc(F)cc1F)N1CCN(c2nc(-c3ccc(Cl)c(Cl)c3)cs2)CC1. The Labute approximate surface area is 363 Å². The number of rotatable bonds is 8. The number of halogens is 6. The van der Waals surface area contributed by atoms with Gasteiger partial charge in [0.25, 0.3) is 0 Å². The Morgan fingerprint density at radius 3 is 1.38 bits per heavy atom. The monoisotopic (exact) mass is 938 g/mol. The fourth-order valence-electron chi connectivity index (χ4n) is 6.53. The van der Waals surface area contributed by atoms with Gasteiger partial charge < -0.3 is 9.80 Å². The zero-order chi connectivity index (χ0) is 42.9. The second-order valence-corrected chi connectivity index (χ2v) is 20.2. The van der Waals surface area contributed by atoms with Gasteiger partial charge in [0.2, 0.25) is 20.0 Å². The van der Waals surface area contributed by atoms with E-state index in [1.54, 1.807) is 12.1 Å². The third-order valence-electron chi connectivity index (χ3n) is 10.0. The first-order valence-corrected chi connectivity index (χ1v) is 23.7. The van der Waals surface area contributed by atoms with Crippen LogP contribution >= 0.6 is 45.9 Å². The Bertz CT molecular complexity index is 2570. The lowest BCUT2D eigenvalue weighted by Gasteiger charge is -2.33. The van der Waals surface area contributed by atoms with Crippen LogP contribution in [0.5, 0.6) is 0 Å². The third kappa shape index (κ3) is 9.50. The van der Waals surface area contributed by atoms with Crippen molar-refractivity contribution in [2.45, 2.75) is 23.6 Å². The highest BCUT2D eigenvalue weighted by atomic mass is 35.5. The quantitative estimate of drug-likeness (QED) is 0.139. The zero-order valence-electron chi connectivity index (χ0n) is 32.0. The molecule has 8 rings (SSSR count). The molecule has 316 valence electrons. The van der Waals surface area contributed by atoms with Crippen LogP contribution in [0.4, 0.5) is 27.8 Å². The van der Waals surface area contributed by atoms with Crippen LogP contribution in [0.1, 0.15) is 11.1 Å². The standard InChI is InChI=1S/C21H21F2N3O2S2.C19H15Cl2F2N3O2S2/c1-14-3-4-16(11-15(14)2)19-13-29-21(24-19)25-7-9-26(10-8-25)30(27,28)20-6-5-17(22)12-18(20)23;20-14-3-1-12(9-15(14)21)17-11-29-19(24-17)25-5-7-26(8-6-25)30(27,28)18-4-2-13(22)10-16(18)23/h3-6,11-13H,7-10H2,1-2H3;1-4,9-11H,5-8H2. The van der Waals surface area contributed by atoms with Gasteiger partial charge in [0.15, 0.2) is 10.3 Å². The molecule has 2 aliphatic heterocycles. The van der Waals surface area contributed by atoms with Crippen molar-refractivity contribution in [2.75, 3.05) is 62.2 Å². The fourth-order valence-corrected chi connectivity index (χ4v) is 11.5. The molecule has 0 bridgehead atoms. The van der Waals surface area contributed by atoms with Crippen LogP contribution in [0, 0.1) is 37.1 Å². The van der Waals surface area contributed by atoms with Gasteiger partial charge in [-0.25, -0.2) is 44.4 Å². The molecule has 4 aromatic carbocycles. The number of benzene rings is 4. The fraction of sp³-hybridized carbons (Fsp3) is 0.250. The van der Waals surface area contributed by atoms with Crippen molar-refractivity contribution in [1.29, 1.82) is 0 Å². The summed E-state index contributed by atoms with van der Waals surface area (Å²) in [6, 6.07) is 16.5. The molecule has 10 nitrogen and oxygen atoms in total. The Morgan fingerprint density at radius 2 is 0.967 bits per heavy atom. The highest BCUT2D eigenvalue weighted by molar-refractivity contribution is 7.89. The van der Waals surface area contributed by atoms with Gasteiger partial charge in [0, 0.05) is 86.4 Å². The summed E-state index contributed by atoms with van der Waals surface area (Å²) >= 11 is 15.0. The number of anilines is 2. The van der Waals surface area contributed by atoms with Crippen LogP contribution in [-0.4, -0.2) is 87.8 Å². The molecular weight excluding hydrogens is 904 g/mol. The van der Waals surface area contributed by atoms with E-state index in [9.17, 15) is 34.4 Å². The molecule has 60 heavy (non-hydrogen) atoms. The first-order valence-electron chi connectivity index (χ1n) is 18.4. The number of hydrogen-bond donors (Lipinski definition) is 0. The van der Waals surface area contributed by atoms with Gasteiger partial charge in [-0.2, -0.15) is 8.61 Å². The van der Waals surface area contributed by atoms with Crippen molar-refractivity contribution in [3.05, 3.63) is 128 Å². The first-order chi connectivity index (χ1) is 28.5. The molecule has 0 amide bonds. The van der Waals surface area contributed by atoms with Crippen molar-refractivity contribution in [2.24, 2.45) is 0 Å². The maximum Gasteiger partial charge on any atom is 0.246 e.